The Kier molecular flexibility index (Phi) is 5.52. The Balaban J connectivity index is 1.77. The van der Waals surface area contributed by atoms with Crippen LogP contribution in [0.4, 0.5) is 5.69 Å². The van der Waals surface area contributed by atoms with Gasteiger partial charge >= 0.3 is 0 Å². The molecule has 0 aliphatic carbocycles. The Hall–Kier alpha value is -2.86. The van der Waals surface area contributed by atoms with Crippen LogP contribution in [-0.4, -0.2) is 21.3 Å². The summed E-state index contributed by atoms with van der Waals surface area (Å²) in [6.45, 7) is 9.24. The van der Waals surface area contributed by atoms with E-state index in [0.29, 0.717) is 11.7 Å². The Morgan fingerprint density at radius 3 is 2.47 bits per heavy atom. The van der Waals surface area contributed by atoms with Crippen molar-refractivity contribution in [3.05, 3.63) is 78.4 Å². The molecule has 1 N–H and O–H groups in total. The van der Waals surface area contributed by atoms with Gasteiger partial charge in [0.15, 0.2) is 5.11 Å². The molecule has 3 aromatic rings. The second-order valence-electron chi connectivity index (χ2n) is 8.45. The Morgan fingerprint density at radius 2 is 1.87 bits per heavy atom. The zero-order valence-corrected chi connectivity index (χ0v) is 18.7. The summed E-state index contributed by atoms with van der Waals surface area (Å²) in [7, 11) is 0. The molecule has 0 saturated carbocycles. The lowest BCUT2D eigenvalue weighted by Crippen LogP contribution is -2.29. The van der Waals surface area contributed by atoms with Crippen LogP contribution < -0.4 is 15.0 Å². The summed E-state index contributed by atoms with van der Waals surface area (Å²) in [5.41, 5.74) is 3.21. The molecule has 1 aromatic carbocycles. The predicted octanol–water partition coefficient (Wildman–Crippen LogP) is 5.21. The van der Waals surface area contributed by atoms with Gasteiger partial charge in [0, 0.05) is 29.8 Å². The maximum Gasteiger partial charge on any atom is 0.174 e. The van der Waals surface area contributed by atoms with Crippen molar-refractivity contribution >= 4 is 23.0 Å². The second kappa shape index (κ2) is 8.11. The molecule has 2 aromatic heterocycles. The molecule has 3 heterocycles. The van der Waals surface area contributed by atoms with Gasteiger partial charge in [-0.05, 0) is 87.9 Å². The molecule has 5 nitrogen and oxygen atoms in total. The minimum atomic E-state index is -0.0407. The highest BCUT2D eigenvalue weighted by Crippen LogP contribution is 2.42. The number of anilines is 1. The van der Waals surface area contributed by atoms with Crippen LogP contribution in [0.1, 0.15) is 51.0 Å². The number of ether oxygens (including phenoxy) is 1. The lowest BCUT2D eigenvalue weighted by atomic mass is 9.98. The standard InChI is InChI=1S/C24H28N4OS/c1-5-29-19-11-9-18(10-12-19)28-22(17-13-15-27(16-17)24(2,3)4)21(26-23(28)30)20-8-6-7-14-25-20/h6-16,21-22H,5H2,1-4H3,(H,26,30)/t21-,22+/m0/s1. The molecule has 1 fully saturated rings. The second-order valence-corrected chi connectivity index (χ2v) is 8.83. The fourth-order valence-corrected chi connectivity index (χ4v) is 4.19. The third-order valence-corrected chi connectivity index (χ3v) is 5.67. The van der Waals surface area contributed by atoms with E-state index in [2.05, 4.69) is 77.2 Å². The first-order chi connectivity index (χ1) is 14.4. The van der Waals surface area contributed by atoms with Crippen LogP contribution in [0.2, 0.25) is 0 Å². The van der Waals surface area contributed by atoms with Gasteiger partial charge in [-0.3, -0.25) is 4.98 Å². The molecule has 6 heteroatoms. The lowest BCUT2D eigenvalue weighted by Gasteiger charge is -2.28. The van der Waals surface area contributed by atoms with Gasteiger partial charge in [-0.1, -0.05) is 6.07 Å². The molecule has 156 valence electrons. The molecule has 0 bridgehead atoms. The molecule has 0 spiro atoms. The van der Waals surface area contributed by atoms with Gasteiger partial charge in [-0.25, -0.2) is 0 Å². The van der Waals surface area contributed by atoms with Crippen molar-refractivity contribution in [2.75, 3.05) is 11.5 Å². The first kappa shape index (κ1) is 20.4. The number of nitrogens with zero attached hydrogens (tertiary/aromatic N) is 3. The van der Waals surface area contributed by atoms with Crippen molar-refractivity contribution in [3.8, 4) is 5.75 Å². The van der Waals surface area contributed by atoms with Crippen LogP contribution in [0.5, 0.6) is 5.75 Å². The Labute approximate surface area is 183 Å². The fraction of sp³-hybridized carbons (Fsp3) is 0.333. The third kappa shape index (κ3) is 3.92. The van der Waals surface area contributed by atoms with Crippen molar-refractivity contribution in [2.24, 2.45) is 0 Å². The van der Waals surface area contributed by atoms with Crippen molar-refractivity contribution in [2.45, 2.75) is 45.3 Å². The molecule has 1 aliphatic heterocycles. The number of aromatic nitrogens is 2. The maximum absolute atomic E-state index is 5.79. The van der Waals surface area contributed by atoms with E-state index < -0.39 is 0 Å². The number of hydrogen-bond acceptors (Lipinski definition) is 3. The summed E-state index contributed by atoms with van der Waals surface area (Å²) >= 11 is 5.79. The number of nitrogens with one attached hydrogen (secondary N) is 1. The van der Waals surface area contributed by atoms with Crippen LogP contribution in [0.3, 0.4) is 0 Å². The topological polar surface area (TPSA) is 42.3 Å². The van der Waals surface area contributed by atoms with E-state index in [4.69, 9.17) is 17.0 Å². The summed E-state index contributed by atoms with van der Waals surface area (Å²) in [6.07, 6.45) is 6.19. The van der Waals surface area contributed by atoms with E-state index in [1.165, 1.54) is 5.56 Å². The van der Waals surface area contributed by atoms with E-state index >= 15 is 0 Å². The van der Waals surface area contributed by atoms with Crippen molar-refractivity contribution < 1.29 is 4.74 Å². The van der Waals surface area contributed by atoms with Gasteiger partial charge in [0.25, 0.3) is 0 Å². The number of rotatable bonds is 5. The van der Waals surface area contributed by atoms with E-state index in [0.717, 1.165) is 17.1 Å². The van der Waals surface area contributed by atoms with Crippen molar-refractivity contribution in [1.82, 2.24) is 14.9 Å². The van der Waals surface area contributed by atoms with Crippen LogP contribution in [0.25, 0.3) is 0 Å². The van der Waals surface area contributed by atoms with Gasteiger partial charge in [0.1, 0.15) is 5.75 Å². The number of hydrogen-bond donors (Lipinski definition) is 1. The van der Waals surface area contributed by atoms with E-state index in [1.807, 2.05) is 37.4 Å². The molecule has 1 aliphatic rings. The first-order valence-corrected chi connectivity index (χ1v) is 10.7. The Bertz CT molecular complexity index is 1010. The normalized spacial score (nSPS) is 19.1. The number of benzene rings is 1. The zero-order valence-electron chi connectivity index (χ0n) is 17.9. The van der Waals surface area contributed by atoms with Crippen LogP contribution in [0, 0.1) is 0 Å². The number of pyridine rings is 1. The highest BCUT2D eigenvalue weighted by Gasteiger charge is 2.41. The highest BCUT2D eigenvalue weighted by atomic mass is 32.1. The minimum absolute atomic E-state index is 0.00561. The van der Waals surface area contributed by atoms with Gasteiger partial charge in [0.05, 0.1) is 24.4 Å². The minimum Gasteiger partial charge on any atom is -0.494 e. The van der Waals surface area contributed by atoms with E-state index in [-0.39, 0.29) is 17.6 Å². The molecular formula is C24H28N4OS. The average Bonchev–Trinajstić information content (AvgIpc) is 3.34. The molecule has 1 saturated heterocycles. The molecule has 0 amide bonds. The first-order valence-electron chi connectivity index (χ1n) is 10.3. The van der Waals surface area contributed by atoms with Gasteiger partial charge in [-0.2, -0.15) is 0 Å². The molecular weight excluding hydrogens is 392 g/mol. The SMILES string of the molecule is CCOc1ccc(N2C(=S)N[C@@H](c3ccccn3)[C@H]2c2ccn(C(C)(C)C)c2)cc1. The zero-order chi connectivity index (χ0) is 21.3. The summed E-state index contributed by atoms with van der Waals surface area (Å²) in [4.78, 5) is 6.80. The molecule has 0 unspecified atom stereocenters. The summed E-state index contributed by atoms with van der Waals surface area (Å²) in [5.74, 6) is 0.857. The molecule has 2 atom stereocenters. The molecule has 0 radical (unpaired) electrons. The third-order valence-electron chi connectivity index (χ3n) is 5.36. The van der Waals surface area contributed by atoms with E-state index in [1.54, 1.807) is 0 Å². The highest BCUT2D eigenvalue weighted by molar-refractivity contribution is 7.80. The van der Waals surface area contributed by atoms with Gasteiger partial charge < -0.3 is 19.5 Å². The molecule has 4 rings (SSSR count). The number of thiocarbonyl (C=S) groups is 1. The van der Waals surface area contributed by atoms with Crippen LogP contribution >= 0.6 is 12.2 Å². The maximum atomic E-state index is 5.79. The molecule has 30 heavy (non-hydrogen) atoms. The van der Waals surface area contributed by atoms with Crippen molar-refractivity contribution in [1.29, 1.82) is 0 Å². The van der Waals surface area contributed by atoms with Gasteiger partial charge in [0.2, 0.25) is 0 Å². The summed E-state index contributed by atoms with van der Waals surface area (Å²) < 4.78 is 7.86. The van der Waals surface area contributed by atoms with Crippen molar-refractivity contribution in [3.63, 3.8) is 0 Å². The fourth-order valence-electron chi connectivity index (χ4n) is 3.85. The van der Waals surface area contributed by atoms with Gasteiger partial charge in [-0.15, -0.1) is 0 Å². The average molecular weight is 421 g/mol. The lowest BCUT2D eigenvalue weighted by molar-refractivity contribution is 0.340. The van der Waals surface area contributed by atoms with Crippen LogP contribution in [-0.2, 0) is 5.54 Å². The quantitative estimate of drug-likeness (QED) is 0.574. The summed E-state index contributed by atoms with van der Waals surface area (Å²) in [5, 5.41) is 4.21. The van der Waals surface area contributed by atoms with Crippen LogP contribution in [0.15, 0.2) is 67.1 Å². The largest absolute Gasteiger partial charge is 0.494 e. The monoisotopic (exact) mass is 420 g/mol. The Morgan fingerprint density at radius 1 is 1.10 bits per heavy atom. The summed E-state index contributed by atoms with van der Waals surface area (Å²) in [6, 6.07) is 16.3. The van der Waals surface area contributed by atoms with E-state index in [9.17, 15) is 0 Å². The predicted molar refractivity (Wildman–Crippen MR) is 125 cm³/mol. The smallest absolute Gasteiger partial charge is 0.174 e.